The summed E-state index contributed by atoms with van der Waals surface area (Å²) in [6.07, 6.45) is 2.84. The van der Waals surface area contributed by atoms with Gasteiger partial charge < -0.3 is 10.1 Å². The summed E-state index contributed by atoms with van der Waals surface area (Å²) in [5, 5.41) is 3.95. The van der Waals surface area contributed by atoms with E-state index in [4.69, 9.17) is 16.3 Å². The van der Waals surface area contributed by atoms with Crippen molar-refractivity contribution in [3.05, 3.63) is 58.6 Å². The van der Waals surface area contributed by atoms with Crippen LogP contribution in [0.25, 0.3) is 0 Å². The Morgan fingerprint density at radius 3 is 2.85 bits per heavy atom. The van der Waals surface area contributed by atoms with Crippen molar-refractivity contribution in [2.75, 3.05) is 7.11 Å². The molecule has 1 heterocycles. The number of halogens is 2. The van der Waals surface area contributed by atoms with E-state index in [-0.39, 0.29) is 11.9 Å². The van der Waals surface area contributed by atoms with Gasteiger partial charge in [-0.3, -0.25) is 4.98 Å². The van der Waals surface area contributed by atoms with Crippen molar-refractivity contribution in [2.24, 2.45) is 0 Å². The summed E-state index contributed by atoms with van der Waals surface area (Å²) in [7, 11) is 1.62. The van der Waals surface area contributed by atoms with Crippen LogP contribution in [0.3, 0.4) is 0 Å². The van der Waals surface area contributed by atoms with Crippen molar-refractivity contribution in [3.63, 3.8) is 0 Å². The van der Waals surface area contributed by atoms with E-state index in [2.05, 4.69) is 10.3 Å². The maximum atomic E-state index is 13.1. The number of aromatic nitrogens is 1. The lowest BCUT2D eigenvalue weighted by molar-refractivity contribution is 0.406. The van der Waals surface area contributed by atoms with E-state index < -0.39 is 0 Å². The second-order valence-electron chi connectivity index (χ2n) is 4.50. The van der Waals surface area contributed by atoms with Crippen molar-refractivity contribution >= 4 is 11.6 Å². The molecule has 0 amide bonds. The molecule has 2 aromatic rings. The molecule has 0 aliphatic rings. The van der Waals surface area contributed by atoms with Crippen LogP contribution in [0.4, 0.5) is 4.39 Å². The molecule has 106 valence electrons. The van der Waals surface area contributed by atoms with E-state index in [1.54, 1.807) is 19.4 Å². The van der Waals surface area contributed by atoms with Crippen molar-refractivity contribution in [1.82, 2.24) is 10.3 Å². The molecular formula is C15H16ClFN2O. The van der Waals surface area contributed by atoms with E-state index in [0.29, 0.717) is 11.6 Å². The second kappa shape index (κ2) is 6.68. The summed E-state index contributed by atoms with van der Waals surface area (Å²) >= 11 is 5.98. The smallest absolute Gasteiger partial charge is 0.141 e. The first-order valence-electron chi connectivity index (χ1n) is 6.26. The molecule has 20 heavy (non-hydrogen) atoms. The maximum absolute atomic E-state index is 13.1. The fourth-order valence-corrected chi connectivity index (χ4v) is 2.13. The molecule has 3 nitrogen and oxygen atoms in total. The summed E-state index contributed by atoms with van der Waals surface area (Å²) in [6.45, 7) is 2.52. The Hall–Kier alpha value is -1.65. The number of ether oxygens (including phenoxy) is 1. The van der Waals surface area contributed by atoms with Crippen LogP contribution >= 0.6 is 11.6 Å². The van der Waals surface area contributed by atoms with Gasteiger partial charge in [0.25, 0.3) is 0 Å². The van der Waals surface area contributed by atoms with Crippen LogP contribution in [-0.2, 0) is 6.54 Å². The lowest BCUT2D eigenvalue weighted by Crippen LogP contribution is -2.18. The van der Waals surface area contributed by atoms with Gasteiger partial charge in [0.2, 0.25) is 0 Å². The molecule has 1 N–H and O–H groups in total. The van der Waals surface area contributed by atoms with Gasteiger partial charge >= 0.3 is 0 Å². The summed E-state index contributed by atoms with van der Waals surface area (Å²) in [5.41, 5.74) is 1.75. The summed E-state index contributed by atoms with van der Waals surface area (Å²) in [6, 6.07) is 6.91. The van der Waals surface area contributed by atoms with Crippen LogP contribution in [0, 0.1) is 5.82 Å². The minimum atomic E-state index is -0.337. The molecule has 2 rings (SSSR count). The van der Waals surface area contributed by atoms with Gasteiger partial charge in [-0.15, -0.1) is 0 Å². The topological polar surface area (TPSA) is 34.1 Å². The SMILES string of the molecule is COc1ccc(Cl)cc1CNC(C)c1cncc(F)c1. The highest BCUT2D eigenvalue weighted by Crippen LogP contribution is 2.23. The van der Waals surface area contributed by atoms with Gasteiger partial charge in [0.1, 0.15) is 11.6 Å². The number of hydrogen-bond donors (Lipinski definition) is 1. The highest BCUT2D eigenvalue weighted by molar-refractivity contribution is 6.30. The molecule has 5 heteroatoms. The largest absolute Gasteiger partial charge is 0.496 e. The lowest BCUT2D eigenvalue weighted by Gasteiger charge is -2.15. The summed E-state index contributed by atoms with van der Waals surface area (Å²) in [5.74, 6) is 0.433. The molecule has 1 atom stereocenters. The first-order valence-corrected chi connectivity index (χ1v) is 6.64. The fraction of sp³-hybridized carbons (Fsp3) is 0.267. The van der Waals surface area contributed by atoms with Crippen LogP contribution in [0.1, 0.15) is 24.1 Å². The molecule has 0 fully saturated rings. The molecule has 0 saturated carbocycles. The van der Waals surface area contributed by atoms with Crippen LogP contribution in [0.2, 0.25) is 5.02 Å². The van der Waals surface area contributed by atoms with E-state index in [0.717, 1.165) is 16.9 Å². The third kappa shape index (κ3) is 3.68. The molecule has 0 radical (unpaired) electrons. The molecular weight excluding hydrogens is 279 g/mol. The first kappa shape index (κ1) is 14.8. The molecule has 1 aromatic heterocycles. The summed E-state index contributed by atoms with van der Waals surface area (Å²) < 4.78 is 18.4. The van der Waals surface area contributed by atoms with Crippen molar-refractivity contribution in [2.45, 2.75) is 19.5 Å². The molecule has 0 saturated heterocycles. The molecule has 1 unspecified atom stereocenters. The number of pyridine rings is 1. The Morgan fingerprint density at radius 2 is 2.15 bits per heavy atom. The van der Waals surface area contributed by atoms with Crippen LogP contribution in [0.15, 0.2) is 36.7 Å². The van der Waals surface area contributed by atoms with Gasteiger partial charge in [-0.25, -0.2) is 4.39 Å². The Labute approximate surface area is 122 Å². The Kier molecular flexibility index (Phi) is 4.93. The molecule has 0 aliphatic carbocycles. The average Bonchev–Trinajstić information content (AvgIpc) is 2.45. The average molecular weight is 295 g/mol. The van der Waals surface area contributed by atoms with Crippen LogP contribution in [-0.4, -0.2) is 12.1 Å². The number of benzene rings is 1. The Balaban J connectivity index is 2.06. The highest BCUT2D eigenvalue weighted by atomic mass is 35.5. The summed E-state index contributed by atoms with van der Waals surface area (Å²) in [4.78, 5) is 3.85. The van der Waals surface area contributed by atoms with Crippen LogP contribution in [0.5, 0.6) is 5.75 Å². The van der Waals surface area contributed by atoms with Gasteiger partial charge in [-0.2, -0.15) is 0 Å². The predicted molar refractivity (Wildman–Crippen MR) is 77.5 cm³/mol. The van der Waals surface area contributed by atoms with Crippen LogP contribution < -0.4 is 10.1 Å². The number of nitrogens with zero attached hydrogens (tertiary/aromatic N) is 1. The van der Waals surface area contributed by atoms with E-state index in [1.165, 1.54) is 12.3 Å². The number of rotatable bonds is 5. The Morgan fingerprint density at radius 1 is 1.35 bits per heavy atom. The zero-order valence-corrected chi connectivity index (χ0v) is 12.1. The maximum Gasteiger partial charge on any atom is 0.141 e. The van der Waals surface area contributed by atoms with Gasteiger partial charge in [0.05, 0.1) is 13.3 Å². The van der Waals surface area contributed by atoms with Gasteiger partial charge in [-0.1, -0.05) is 11.6 Å². The van der Waals surface area contributed by atoms with Gasteiger partial charge in [0.15, 0.2) is 0 Å². The predicted octanol–water partition coefficient (Wildman–Crippen LogP) is 3.73. The zero-order valence-electron chi connectivity index (χ0n) is 11.4. The second-order valence-corrected chi connectivity index (χ2v) is 4.93. The third-order valence-corrected chi connectivity index (χ3v) is 3.30. The number of hydrogen-bond acceptors (Lipinski definition) is 3. The molecule has 0 aliphatic heterocycles. The van der Waals surface area contributed by atoms with E-state index in [1.807, 2.05) is 19.1 Å². The van der Waals surface area contributed by atoms with Crippen molar-refractivity contribution < 1.29 is 9.13 Å². The van der Waals surface area contributed by atoms with E-state index in [9.17, 15) is 4.39 Å². The third-order valence-electron chi connectivity index (χ3n) is 3.07. The highest BCUT2D eigenvalue weighted by Gasteiger charge is 2.09. The van der Waals surface area contributed by atoms with Crippen molar-refractivity contribution in [1.29, 1.82) is 0 Å². The standard InChI is InChI=1S/C15H16ClFN2O/c1-10(11-6-14(17)9-18-7-11)19-8-12-5-13(16)3-4-15(12)20-2/h3-7,9-10,19H,8H2,1-2H3. The first-order chi connectivity index (χ1) is 9.60. The molecule has 0 bridgehead atoms. The normalized spacial score (nSPS) is 12.2. The minimum Gasteiger partial charge on any atom is -0.496 e. The Bertz CT molecular complexity index is 592. The zero-order chi connectivity index (χ0) is 14.5. The van der Waals surface area contributed by atoms with Crippen molar-refractivity contribution in [3.8, 4) is 5.75 Å². The fourth-order valence-electron chi connectivity index (χ4n) is 1.93. The molecule has 0 spiro atoms. The minimum absolute atomic E-state index is 0.0260. The van der Waals surface area contributed by atoms with E-state index >= 15 is 0 Å². The number of nitrogens with one attached hydrogen (secondary N) is 1. The van der Waals surface area contributed by atoms with Gasteiger partial charge in [0, 0.05) is 29.4 Å². The van der Waals surface area contributed by atoms with Gasteiger partial charge in [-0.05, 0) is 36.8 Å². The molecule has 1 aromatic carbocycles. The lowest BCUT2D eigenvalue weighted by atomic mass is 10.1. The monoisotopic (exact) mass is 294 g/mol. The quantitative estimate of drug-likeness (QED) is 0.912. The number of methoxy groups -OCH3 is 1.